The molecule has 3 aliphatic rings. The summed E-state index contributed by atoms with van der Waals surface area (Å²) >= 11 is 7.08. The Kier molecular flexibility index (Phi) is 16.1. The predicted molar refractivity (Wildman–Crippen MR) is 316 cm³/mol. The molecule has 0 saturated carbocycles. The maximum absolute atomic E-state index is 9.24. The van der Waals surface area contributed by atoms with Gasteiger partial charge in [0.15, 0.2) is 0 Å². The van der Waals surface area contributed by atoms with Crippen molar-refractivity contribution in [1.29, 1.82) is 15.8 Å². The topological polar surface area (TPSA) is 158 Å². The Morgan fingerprint density at radius 3 is 1.46 bits per heavy atom. The number of fused-ring (bicyclic) bond motifs is 4. The van der Waals surface area contributed by atoms with Crippen molar-refractivity contribution in [3.8, 4) is 40.5 Å². The molecular weight excluding hydrogens is 1100 g/mol. The minimum Gasteiger partial charge on any atom is -0.275 e. The van der Waals surface area contributed by atoms with Crippen molar-refractivity contribution in [2.75, 3.05) is 0 Å². The van der Waals surface area contributed by atoms with Crippen molar-refractivity contribution in [3.05, 3.63) is 189 Å². The van der Waals surface area contributed by atoms with Crippen LogP contribution in [0.3, 0.4) is 0 Å². The van der Waals surface area contributed by atoms with Gasteiger partial charge in [-0.15, -0.1) is 0 Å². The molecule has 9 heterocycles. The average Bonchev–Trinajstić information content (AvgIpc) is 4.38. The monoisotopic (exact) mass is 1160 g/mol. The van der Waals surface area contributed by atoms with Gasteiger partial charge in [-0.05, 0) is 204 Å². The van der Waals surface area contributed by atoms with Gasteiger partial charge in [-0.2, -0.15) is 41.3 Å². The maximum atomic E-state index is 9.24. The normalized spacial score (nSPS) is 17.0. The molecule has 1 aromatic carbocycles. The fraction of sp³-hybridized carbons (Fsp3) is 0.270. The Morgan fingerprint density at radius 1 is 0.474 bits per heavy atom. The molecule has 9 aromatic heterocycles. The molecule has 13 nitrogen and oxygen atoms in total. The van der Waals surface area contributed by atoms with Gasteiger partial charge in [-0.25, -0.2) is 18.1 Å². The van der Waals surface area contributed by atoms with Crippen LogP contribution in [0.25, 0.3) is 61.0 Å². The summed E-state index contributed by atoms with van der Waals surface area (Å²) < 4.78 is 11.6. The van der Waals surface area contributed by atoms with E-state index in [1.54, 1.807) is 6.20 Å². The average molecular weight is 1160 g/mol. The molecular formula is C63H59Br2N13. The van der Waals surface area contributed by atoms with Gasteiger partial charge in [-0.1, -0.05) is 42.5 Å². The number of rotatable bonds is 5. The second kappa shape index (κ2) is 23.6. The first-order valence-electron chi connectivity index (χ1n) is 26.4. The molecule has 0 N–H and O–H groups in total. The van der Waals surface area contributed by atoms with Gasteiger partial charge in [0.25, 0.3) is 0 Å². The molecule has 0 fully saturated rings. The summed E-state index contributed by atoms with van der Waals surface area (Å²) in [4.78, 5) is 0. The van der Waals surface area contributed by atoms with Crippen molar-refractivity contribution in [1.82, 2.24) is 48.2 Å². The van der Waals surface area contributed by atoms with Crippen LogP contribution in [0.2, 0.25) is 0 Å². The molecule has 0 aliphatic heterocycles. The highest BCUT2D eigenvalue weighted by Crippen LogP contribution is 2.40. The first-order chi connectivity index (χ1) is 37.9. The number of hydrogen-bond donors (Lipinski definition) is 0. The lowest BCUT2D eigenvalue weighted by Gasteiger charge is -2.20. The van der Waals surface area contributed by atoms with Crippen LogP contribution in [0.5, 0.6) is 0 Å². The molecule has 78 heavy (non-hydrogen) atoms. The van der Waals surface area contributed by atoms with E-state index in [4.69, 9.17) is 10.5 Å². The molecule has 0 amide bonds. The lowest BCUT2D eigenvalue weighted by molar-refractivity contribution is 0.604. The first-order valence-corrected chi connectivity index (χ1v) is 28.0. The highest BCUT2D eigenvalue weighted by atomic mass is 79.9. The fourth-order valence-corrected chi connectivity index (χ4v) is 11.8. The van der Waals surface area contributed by atoms with Crippen molar-refractivity contribution in [2.45, 2.75) is 85.5 Å². The van der Waals surface area contributed by atoms with E-state index in [0.717, 1.165) is 111 Å². The zero-order valence-corrected chi connectivity index (χ0v) is 47.6. The molecule has 0 saturated heterocycles. The lowest BCUT2D eigenvalue weighted by atomic mass is 9.85. The number of allylic oxidation sites excluding steroid dienone is 6. The highest BCUT2D eigenvalue weighted by Gasteiger charge is 2.23. The number of hydrogen-bond acceptors (Lipinski definition) is 8. The minimum absolute atomic E-state index is 0.137. The third-order valence-corrected chi connectivity index (χ3v) is 16.8. The van der Waals surface area contributed by atoms with Gasteiger partial charge in [-0.3, -0.25) is 4.68 Å². The molecule has 390 valence electrons. The number of nitrogens with zero attached hydrogens (tertiary/aromatic N) is 13. The summed E-state index contributed by atoms with van der Waals surface area (Å²) in [7, 11) is 1.93. The maximum Gasteiger partial charge on any atom is 0.0881 e. The smallest absolute Gasteiger partial charge is 0.0881 e. The van der Waals surface area contributed by atoms with Gasteiger partial charge in [0.1, 0.15) is 0 Å². The molecule has 0 spiro atoms. The Balaban J connectivity index is 0.000000125. The second-order valence-electron chi connectivity index (χ2n) is 20.4. The molecule has 3 aliphatic carbocycles. The van der Waals surface area contributed by atoms with E-state index in [2.05, 4.69) is 170 Å². The number of aryl methyl sites for hydroxylation is 5. The number of aromatic nitrogens is 10. The standard InChI is InChI=1S/C25H23N5.C15H14BrN3.C15H15N3.C8H7BrN2/c1-17-11-12-30-25(24(17)21-5-3-18(13-26)4-6-21)23(15-28-30)20-9-7-19(8-10-20)22-14-27-29(2)16-22;1-10-6-7-19-15(13(16)9-18-19)14(10)12-4-2-11(8-17)3-5-12;1-11-7-9-18-14(6-8-17-18)15(11)13-4-2-12(10-16)3-5-13;1-6-3-5-11-7(8(6)9)2-4-10-11/h5,7-12,14-16,18H,3-4,6H2,1-2H3;4,6-7,9,11H,2-3,5H2,1H3;4,6-9,12H,2-3,5H2,1H3;2-5H,1H3. The largest absolute Gasteiger partial charge is 0.275 e. The second-order valence-corrected chi connectivity index (χ2v) is 22.0. The summed E-state index contributed by atoms with van der Waals surface area (Å²) in [5.74, 6) is 0.508. The van der Waals surface area contributed by atoms with Crippen LogP contribution in [0.4, 0.5) is 0 Å². The molecule has 3 atom stereocenters. The van der Waals surface area contributed by atoms with Crippen LogP contribution in [0, 0.1) is 79.4 Å². The SMILES string of the molecule is Cc1ccn2ncc(-c3ccc(-c4cnn(C)c4)cc3)c2c1C1=CCC(C#N)CC1.Cc1ccn2ncc(Br)c2c1C1=CCC(C#N)CC1.Cc1ccn2nccc2c1Br.Cc1ccn2nccc2c1C1=CCC(C#N)CC1. The van der Waals surface area contributed by atoms with Crippen LogP contribution >= 0.6 is 31.9 Å². The van der Waals surface area contributed by atoms with E-state index in [9.17, 15) is 5.26 Å². The third-order valence-electron chi connectivity index (χ3n) is 15.2. The predicted octanol–water partition coefficient (Wildman–Crippen LogP) is 15.3. The zero-order valence-electron chi connectivity index (χ0n) is 44.4. The third kappa shape index (κ3) is 11.2. The van der Waals surface area contributed by atoms with Crippen molar-refractivity contribution < 1.29 is 0 Å². The number of pyridine rings is 4. The van der Waals surface area contributed by atoms with E-state index < -0.39 is 0 Å². The number of benzene rings is 1. The molecule has 13 rings (SSSR count). The van der Waals surface area contributed by atoms with E-state index in [0.29, 0.717) is 0 Å². The summed E-state index contributed by atoms with van der Waals surface area (Å²) in [6, 6.07) is 28.1. The number of halogens is 2. The quantitative estimate of drug-likeness (QED) is 0.165. The van der Waals surface area contributed by atoms with Crippen LogP contribution in [-0.4, -0.2) is 48.2 Å². The highest BCUT2D eigenvalue weighted by molar-refractivity contribution is 9.11. The summed E-state index contributed by atoms with van der Waals surface area (Å²) in [5.41, 5.74) is 22.0. The Labute approximate surface area is 471 Å². The minimum atomic E-state index is 0.137. The van der Waals surface area contributed by atoms with E-state index >= 15 is 0 Å². The molecule has 0 radical (unpaired) electrons. The van der Waals surface area contributed by atoms with Gasteiger partial charge in [0, 0.05) is 76.5 Å². The van der Waals surface area contributed by atoms with Gasteiger partial charge < -0.3 is 0 Å². The van der Waals surface area contributed by atoms with Crippen LogP contribution in [0.1, 0.15) is 96.7 Å². The van der Waals surface area contributed by atoms with E-state index in [-0.39, 0.29) is 17.8 Å². The molecule has 3 unspecified atom stereocenters. The molecule has 15 heteroatoms. The van der Waals surface area contributed by atoms with Crippen LogP contribution in [0.15, 0.2) is 150 Å². The summed E-state index contributed by atoms with van der Waals surface area (Å²) in [6.07, 6.45) is 34.3. The van der Waals surface area contributed by atoms with Crippen molar-refractivity contribution >= 4 is 70.6 Å². The first kappa shape index (κ1) is 53.2. The number of nitriles is 3. The Hall–Kier alpha value is -8.16. The van der Waals surface area contributed by atoms with Gasteiger partial charge in [0.2, 0.25) is 0 Å². The van der Waals surface area contributed by atoms with Crippen molar-refractivity contribution in [2.24, 2.45) is 24.8 Å². The van der Waals surface area contributed by atoms with Gasteiger partial charge in [0.05, 0.1) is 87.3 Å². The summed E-state index contributed by atoms with van der Waals surface area (Å²) in [6.45, 7) is 8.50. The Morgan fingerprint density at radius 2 is 0.936 bits per heavy atom. The molecule has 0 bridgehead atoms. The lowest BCUT2D eigenvalue weighted by Crippen LogP contribution is -2.05. The van der Waals surface area contributed by atoms with Crippen LogP contribution < -0.4 is 0 Å². The fourth-order valence-electron chi connectivity index (χ4n) is 10.9. The van der Waals surface area contributed by atoms with Gasteiger partial charge >= 0.3 is 0 Å². The van der Waals surface area contributed by atoms with Crippen molar-refractivity contribution in [3.63, 3.8) is 0 Å². The van der Waals surface area contributed by atoms with E-state index in [1.807, 2.05) is 97.7 Å². The summed E-state index contributed by atoms with van der Waals surface area (Å²) in [5, 5.41) is 48.8. The van der Waals surface area contributed by atoms with E-state index in [1.165, 1.54) is 55.7 Å². The zero-order chi connectivity index (χ0) is 54.5. The van der Waals surface area contributed by atoms with Crippen LogP contribution in [-0.2, 0) is 7.05 Å². The molecule has 10 aromatic rings. The Bertz CT molecular complexity index is 4060.